The van der Waals surface area contributed by atoms with E-state index in [1.807, 2.05) is 29.6 Å². The summed E-state index contributed by atoms with van der Waals surface area (Å²) in [5.41, 5.74) is 2.73. The Morgan fingerprint density at radius 2 is 1.71 bits per heavy atom. The molecule has 4 rings (SSSR count). The zero-order chi connectivity index (χ0) is 24.2. The van der Waals surface area contributed by atoms with E-state index < -0.39 is 0 Å². The fraction of sp³-hybridized carbons (Fsp3) is 0.208. The summed E-state index contributed by atoms with van der Waals surface area (Å²) in [6.07, 6.45) is 1.57. The first-order chi connectivity index (χ1) is 16.5. The molecule has 0 atom stereocenters. The molecule has 3 aromatic rings. The summed E-state index contributed by atoms with van der Waals surface area (Å²) in [7, 11) is 6.23. The highest BCUT2D eigenvalue weighted by Crippen LogP contribution is 2.38. The second-order valence-corrected chi connectivity index (χ2v) is 8.06. The maximum atomic E-state index is 10.6. The molecule has 0 saturated heterocycles. The van der Waals surface area contributed by atoms with Gasteiger partial charge in [-0.3, -0.25) is 5.41 Å². The van der Waals surface area contributed by atoms with Gasteiger partial charge < -0.3 is 24.1 Å². The summed E-state index contributed by atoms with van der Waals surface area (Å²) >= 11 is 1.36. The highest BCUT2D eigenvalue weighted by molar-refractivity contribution is 7.11. The Bertz CT molecular complexity index is 1240. The Morgan fingerprint density at radius 3 is 2.29 bits per heavy atom. The minimum Gasteiger partial charge on any atom is -0.509 e. The lowest BCUT2D eigenvalue weighted by molar-refractivity contribution is 0.324. The average molecular weight is 481 g/mol. The van der Waals surface area contributed by atoms with Crippen molar-refractivity contribution >= 4 is 29.0 Å². The van der Waals surface area contributed by atoms with E-state index in [9.17, 15) is 5.11 Å². The third-order valence-electron chi connectivity index (χ3n) is 5.22. The van der Waals surface area contributed by atoms with Crippen molar-refractivity contribution in [3.63, 3.8) is 0 Å². The van der Waals surface area contributed by atoms with Gasteiger partial charge in [-0.1, -0.05) is 0 Å². The Labute approximate surface area is 201 Å². The number of aromatic nitrogens is 1. The van der Waals surface area contributed by atoms with Crippen LogP contribution in [0.3, 0.4) is 0 Å². The molecule has 34 heavy (non-hydrogen) atoms. The van der Waals surface area contributed by atoms with Crippen LogP contribution >= 0.6 is 11.3 Å². The van der Waals surface area contributed by atoms with Crippen LogP contribution < -0.4 is 18.9 Å². The fourth-order valence-electron chi connectivity index (χ4n) is 3.48. The summed E-state index contributed by atoms with van der Waals surface area (Å²) in [6.45, 7) is 0.0759. The molecule has 2 heterocycles. The van der Waals surface area contributed by atoms with Crippen LogP contribution in [0.25, 0.3) is 16.8 Å². The summed E-state index contributed by atoms with van der Waals surface area (Å²) in [5, 5.41) is 27.4. The predicted molar refractivity (Wildman–Crippen MR) is 132 cm³/mol. The lowest BCUT2D eigenvalue weighted by atomic mass is 10.1. The third-order valence-corrected chi connectivity index (χ3v) is 6.08. The largest absolute Gasteiger partial charge is 0.509 e. The number of ether oxygens (including phenoxy) is 4. The topological polar surface area (TPSA) is 109 Å². The van der Waals surface area contributed by atoms with Gasteiger partial charge in [-0.15, -0.1) is 11.3 Å². The second kappa shape index (κ2) is 9.84. The number of methoxy groups -OCH3 is 4. The first kappa shape index (κ1) is 23.1. The number of rotatable bonds is 8. The van der Waals surface area contributed by atoms with Gasteiger partial charge >= 0.3 is 0 Å². The first-order valence-electron chi connectivity index (χ1n) is 10.2. The maximum absolute atomic E-state index is 10.6. The van der Waals surface area contributed by atoms with E-state index in [1.54, 1.807) is 25.5 Å². The van der Waals surface area contributed by atoms with Crippen molar-refractivity contribution in [3.05, 3.63) is 58.1 Å². The Morgan fingerprint density at radius 1 is 1.03 bits per heavy atom. The van der Waals surface area contributed by atoms with Crippen molar-refractivity contribution in [1.82, 2.24) is 9.99 Å². The summed E-state index contributed by atoms with van der Waals surface area (Å²) in [4.78, 5) is 4.63. The number of thiazole rings is 1. The molecule has 0 amide bonds. The molecule has 2 N–H and O–H groups in total. The SMILES string of the molecule is COc1ccc(-c2csc(C3=C(O)CN(/N=C\c4cc(OC)c(OC)c(OC)c4)C3=N)n2)cc1. The number of hydrogen-bond donors (Lipinski definition) is 2. The highest BCUT2D eigenvalue weighted by Gasteiger charge is 2.30. The zero-order valence-electron chi connectivity index (χ0n) is 19.2. The summed E-state index contributed by atoms with van der Waals surface area (Å²) < 4.78 is 21.3. The molecule has 1 aliphatic heterocycles. The van der Waals surface area contributed by atoms with Crippen molar-refractivity contribution in [3.8, 4) is 34.3 Å². The number of nitrogens with one attached hydrogen (secondary N) is 1. The summed E-state index contributed by atoms with van der Waals surface area (Å²) in [6, 6.07) is 11.1. The van der Waals surface area contributed by atoms with Crippen LogP contribution in [0.5, 0.6) is 23.0 Å². The van der Waals surface area contributed by atoms with Crippen LogP contribution in [0.4, 0.5) is 0 Å². The molecule has 9 nitrogen and oxygen atoms in total. The van der Waals surface area contributed by atoms with Gasteiger partial charge in [0.2, 0.25) is 5.75 Å². The molecule has 2 aromatic carbocycles. The molecular formula is C24H24N4O5S. The van der Waals surface area contributed by atoms with E-state index in [2.05, 4.69) is 10.1 Å². The van der Waals surface area contributed by atoms with Gasteiger partial charge in [0.25, 0.3) is 0 Å². The van der Waals surface area contributed by atoms with Gasteiger partial charge in [0, 0.05) is 16.5 Å². The molecule has 0 bridgehead atoms. The molecule has 0 fully saturated rings. The van der Waals surface area contributed by atoms with E-state index in [0.29, 0.717) is 33.4 Å². The predicted octanol–water partition coefficient (Wildman–Crippen LogP) is 4.44. The molecule has 10 heteroatoms. The third kappa shape index (κ3) is 4.40. The van der Waals surface area contributed by atoms with E-state index in [1.165, 1.54) is 37.7 Å². The Hall–Kier alpha value is -4.05. The quantitative estimate of drug-likeness (QED) is 0.459. The fourth-order valence-corrected chi connectivity index (χ4v) is 4.38. The van der Waals surface area contributed by atoms with E-state index in [4.69, 9.17) is 24.4 Å². The number of aliphatic hydroxyl groups is 1. The maximum Gasteiger partial charge on any atom is 0.203 e. The van der Waals surface area contributed by atoms with Gasteiger partial charge in [0.15, 0.2) is 17.3 Å². The minimum absolute atomic E-state index is 0.0441. The van der Waals surface area contributed by atoms with Crippen LogP contribution in [0, 0.1) is 5.41 Å². The van der Waals surface area contributed by atoms with Crippen LogP contribution in [0.1, 0.15) is 10.6 Å². The van der Waals surface area contributed by atoms with Crippen LogP contribution in [0.15, 0.2) is 52.6 Å². The van der Waals surface area contributed by atoms with Crippen molar-refractivity contribution in [1.29, 1.82) is 5.41 Å². The lowest BCUT2D eigenvalue weighted by Gasteiger charge is -2.14. The average Bonchev–Trinajstić information content (AvgIpc) is 3.45. The van der Waals surface area contributed by atoms with Crippen LogP contribution in [0.2, 0.25) is 0 Å². The number of aliphatic hydroxyl groups excluding tert-OH is 1. The summed E-state index contributed by atoms with van der Waals surface area (Å²) in [5.74, 6) is 2.34. The normalized spacial score (nSPS) is 13.6. The lowest BCUT2D eigenvalue weighted by Crippen LogP contribution is -2.20. The molecule has 0 unspecified atom stereocenters. The monoisotopic (exact) mass is 480 g/mol. The molecular weight excluding hydrogens is 456 g/mol. The number of benzene rings is 2. The molecule has 0 aliphatic carbocycles. The van der Waals surface area contributed by atoms with E-state index in [-0.39, 0.29) is 18.1 Å². The minimum atomic E-state index is 0.0441. The van der Waals surface area contributed by atoms with Gasteiger partial charge in [-0.2, -0.15) is 5.10 Å². The molecule has 0 saturated carbocycles. The van der Waals surface area contributed by atoms with Crippen LogP contribution in [-0.4, -0.2) is 62.1 Å². The molecule has 1 aromatic heterocycles. The smallest absolute Gasteiger partial charge is 0.203 e. The first-order valence-corrected chi connectivity index (χ1v) is 11.1. The Kier molecular flexibility index (Phi) is 6.69. The van der Waals surface area contributed by atoms with E-state index >= 15 is 0 Å². The molecule has 1 aliphatic rings. The number of nitrogens with zero attached hydrogens (tertiary/aromatic N) is 3. The van der Waals surface area contributed by atoms with Gasteiger partial charge in [0.1, 0.15) is 23.1 Å². The van der Waals surface area contributed by atoms with E-state index in [0.717, 1.165) is 17.0 Å². The number of amidine groups is 1. The van der Waals surface area contributed by atoms with Gasteiger partial charge in [0.05, 0.1) is 45.9 Å². The van der Waals surface area contributed by atoms with Gasteiger partial charge in [-0.05, 0) is 36.4 Å². The van der Waals surface area contributed by atoms with Crippen LogP contribution in [-0.2, 0) is 0 Å². The van der Waals surface area contributed by atoms with Gasteiger partial charge in [-0.25, -0.2) is 9.99 Å². The van der Waals surface area contributed by atoms with Crippen molar-refractivity contribution < 1.29 is 24.1 Å². The Balaban J connectivity index is 1.54. The molecule has 176 valence electrons. The van der Waals surface area contributed by atoms with Crippen molar-refractivity contribution in [2.24, 2.45) is 5.10 Å². The second-order valence-electron chi connectivity index (χ2n) is 7.20. The molecule has 0 spiro atoms. The number of hydrazone groups is 1. The highest BCUT2D eigenvalue weighted by atomic mass is 32.1. The number of hydrogen-bond acceptors (Lipinski definition) is 9. The van der Waals surface area contributed by atoms with Crippen molar-refractivity contribution in [2.45, 2.75) is 0 Å². The standard InChI is InChI=1S/C24H24N4O5S/c1-30-16-7-5-15(6-8-16)17-13-34-24(27-17)21-18(29)12-28(23(21)25)26-11-14-9-19(31-2)22(33-4)20(10-14)32-3/h5-11,13,25,29H,12H2,1-4H3/b25-23?,26-11-. The van der Waals surface area contributed by atoms with Crippen molar-refractivity contribution in [2.75, 3.05) is 35.0 Å². The zero-order valence-corrected chi connectivity index (χ0v) is 20.0. The molecule has 0 radical (unpaired) electrons.